The summed E-state index contributed by atoms with van der Waals surface area (Å²) in [6.45, 7) is 1.78. The van der Waals surface area contributed by atoms with Crippen molar-refractivity contribution >= 4 is 39.5 Å². The van der Waals surface area contributed by atoms with Crippen molar-refractivity contribution in [2.45, 2.75) is 6.92 Å². The molecule has 0 unspecified atom stereocenters. The van der Waals surface area contributed by atoms with Gasteiger partial charge in [0.2, 0.25) is 0 Å². The third-order valence-corrected chi connectivity index (χ3v) is 4.08. The lowest BCUT2D eigenvalue weighted by Gasteiger charge is -2.14. The second-order valence-electron chi connectivity index (χ2n) is 5.69. The summed E-state index contributed by atoms with van der Waals surface area (Å²) in [6.07, 6.45) is 1.39. The molecule has 0 aromatic heterocycles. The van der Waals surface area contributed by atoms with Crippen LogP contribution >= 0.6 is 15.9 Å². The van der Waals surface area contributed by atoms with Gasteiger partial charge in [0.05, 0.1) is 11.1 Å². The number of rotatable bonds is 8. The average Bonchev–Trinajstić information content (AvgIpc) is 2.67. The zero-order valence-electron chi connectivity index (χ0n) is 15.4. The average molecular weight is 460 g/mol. The maximum Gasteiger partial charge on any atom is 0.266 e. The largest absolute Gasteiger partial charge is 0.508 e. The molecule has 0 fully saturated rings. The van der Waals surface area contributed by atoms with E-state index in [9.17, 15) is 20.0 Å². The monoisotopic (exact) mass is 459 g/mol. The summed E-state index contributed by atoms with van der Waals surface area (Å²) in [5.41, 5.74) is 5.90. The summed E-state index contributed by atoms with van der Waals surface area (Å²) < 4.78 is 11.4. The van der Waals surface area contributed by atoms with Crippen molar-refractivity contribution in [3.63, 3.8) is 0 Å². The number of nitrogens with one attached hydrogen (secondary N) is 1. The Balaban J connectivity index is 2.31. The molecule has 8 nitrogen and oxygen atoms in total. The van der Waals surface area contributed by atoms with Gasteiger partial charge in [-0.3, -0.25) is 9.59 Å². The Hall–Kier alpha value is -3.51. The number of carbonyl (C=O) groups excluding carboxylic acids is 2. The van der Waals surface area contributed by atoms with Crippen LogP contribution in [0.15, 0.2) is 46.4 Å². The lowest BCUT2D eigenvalue weighted by atomic mass is 10.1. The van der Waals surface area contributed by atoms with Gasteiger partial charge in [-0.2, -0.15) is 5.26 Å². The van der Waals surface area contributed by atoms with E-state index in [2.05, 4.69) is 21.2 Å². The summed E-state index contributed by atoms with van der Waals surface area (Å²) in [4.78, 5) is 23.4. The van der Waals surface area contributed by atoms with Crippen LogP contribution in [0.5, 0.6) is 17.2 Å². The van der Waals surface area contributed by atoms with Gasteiger partial charge in [-0.1, -0.05) is 0 Å². The first-order chi connectivity index (χ1) is 13.8. The number of ether oxygens (including phenoxy) is 2. The number of amides is 2. The van der Waals surface area contributed by atoms with Crippen molar-refractivity contribution in [2.75, 3.05) is 18.5 Å². The standard InChI is InChI=1S/C20H18BrN3O5/c1-2-28-17-9-12(8-16(21)19(17)29-11-18(23)26)7-13(10-22)20(27)24-14-3-5-15(25)6-4-14/h3-9,25H,2,11H2,1H3,(H2,23,26)(H,24,27)/b13-7+. The molecule has 4 N–H and O–H groups in total. The number of benzene rings is 2. The van der Waals surface area contributed by atoms with E-state index in [1.807, 2.05) is 6.07 Å². The predicted molar refractivity (Wildman–Crippen MR) is 110 cm³/mol. The Labute approximate surface area is 175 Å². The molecule has 0 aliphatic heterocycles. The van der Waals surface area contributed by atoms with Gasteiger partial charge in [0.1, 0.15) is 17.4 Å². The van der Waals surface area contributed by atoms with E-state index < -0.39 is 11.8 Å². The molecule has 150 valence electrons. The highest BCUT2D eigenvalue weighted by Crippen LogP contribution is 2.37. The molecule has 0 atom stereocenters. The van der Waals surface area contributed by atoms with Gasteiger partial charge in [0.25, 0.3) is 11.8 Å². The van der Waals surface area contributed by atoms with Crippen molar-refractivity contribution in [2.24, 2.45) is 5.73 Å². The van der Waals surface area contributed by atoms with Crippen molar-refractivity contribution in [1.82, 2.24) is 0 Å². The van der Waals surface area contributed by atoms with Gasteiger partial charge >= 0.3 is 0 Å². The molecule has 2 rings (SSSR count). The fourth-order valence-electron chi connectivity index (χ4n) is 2.28. The summed E-state index contributed by atoms with van der Waals surface area (Å²) in [6, 6.07) is 10.9. The van der Waals surface area contributed by atoms with Crippen LogP contribution in [0.25, 0.3) is 6.08 Å². The summed E-state index contributed by atoms with van der Waals surface area (Å²) in [5, 5.41) is 21.3. The second kappa shape index (κ2) is 10.1. The van der Waals surface area contributed by atoms with E-state index in [0.29, 0.717) is 28.1 Å². The Bertz CT molecular complexity index is 981. The quantitative estimate of drug-likeness (QED) is 0.315. The molecule has 9 heteroatoms. The van der Waals surface area contributed by atoms with Gasteiger partial charge in [-0.05, 0) is 70.9 Å². The molecule has 2 aromatic carbocycles. The van der Waals surface area contributed by atoms with Gasteiger partial charge in [0.15, 0.2) is 18.1 Å². The van der Waals surface area contributed by atoms with Crippen molar-refractivity contribution < 1.29 is 24.2 Å². The van der Waals surface area contributed by atoms with E-state index in [0.717, 1.165) is 0 Å². The number of phenols is 1. The molecular formula is C20H18BrN3O5. The van der Waals surface area contributed by atoms with E-state index in [-0.39, 0.29) is 23.7 Å². The van der Waals surface area contributed by atoms with Gasteiger partial charge in [-0.25, -0.2) is 0 Å². The van der Waals surface area contributed by atoms with E-state index in [1.54, 1.807) is 19.1 Å². The minimum atomic E-state index is -0.638. The number of hydrogen-bond donors (Lipinski definition) is 3. The summed E-state index contributed by atoms with van der Waals surface area (Å²) in [5.74, 6) is -0.575. The van der Waals surface area contributed by atoms with Crippen molar-refractivity contribution in [3.8, 4) is 23.3 Å². The first kappa shape index (κ1) is 21.8. The highest BCUT2D eigenvalue weighted by Gasteiger charge is 2.15. The molecule has 0 spiro atoms. The number of halogens is 1. The molecule has 0 aliphatic rings. The Kier molecular flexibility index (Phi) is 7.62. The molecule has 29 heavy (non-hydrogen) atoms. The van der Waals surface area contributed by atoms with Crippen molar-refractivity contribution in [3.05, 3.63) is 52.0 Å². The number of nitrogens with two attached hydrogens (primary N) is 1. The third kappa shape index (κ3) is 6.26. The molecule has 0 saturated heterocycles. The smallest absolute Gasteiger partial charge is 0.266 e. The van der Waals surface area contributed by atoms with E-state index >= 15 is 0 Å². The zero-order valence-corrected chi connectivity index (χ0v) is 17.0. The molecule has 0 radical (unpaired) electrons. The molecule has 0 bridgehead atoms. The van der Waals surface area contributed by atoms with Crippen LogP contribution < -0.4 is 20.5 Å². The fraction of sp³-hybridized carbons (Fsp3) is 0.150. The fourth-order valence-corrected chi connectivity index (χ4v) is 2.85. The first-order valence-corrected chi connectivity index (χ1v) is 9.23. The number of nitrogens with zero attached hydrogens (tertiary/aromatic N) is 1. The number of anilines is 1. The molecule has 2 aromatic rings. The number of hydrogen-bond acceptors (Lipinski definition) is 6. The summed E-state index contributed by atoms with van der Waals surface area (Å²) in [7, 11) is 0. The molecular weight excluding hydrogens is 442 g/mol. The lowest BCUT2D eigenvalue weighted by molar-refractivity contribution is -0.120. The third-order valence-electron chi connectivity index (χ3n) is 3.49. The number of primary amides is 1. The van der Waals surface area contributed by atoms with Crippen molar-refractivity contribution in [1.29, 1.82) is 5.26 Å². The highest BCUT2D eigenvalue weighted by molar-refractivity contribution is 9.10. The first-order valence-electron chi connectivity index (χ1n) is 8.43. The molecule has 0 saturated carbocycles. The topological polar surface area (TPSA) is 135 Å². The number of phenolic OH excluding ortho intramolecular Hbond substituents is 1. The van der Waals surface area contributed by atoms with E-state index in [1.165, 1.54) is 30.3 Å². The van der Waals surface area contributed by atoms with Crippen LogP contribution in [-0.4, -0.2) is 30.1 Å². The Morgan fingerprint density at radius 1 is 1.28 bits per heavy atom. The van der Waals surface area contributed by atoms with Crippen LogP contribution in [-0.2, 0) is 9.59 Å². The molecule has 2 amide bonds. The SMILES string of the molecule is CCOc1cc(/C=C(\C#N)C(=O)Nc2ccc(O)cc2)cc(Br)c1OCC(N)=O. The highest BCUT2D eigenvalue weighted by atomic mass is 79.9. The maximum atomic E-state index is 12.4. The maximum absolute atomic E-state index is 12.4. The summed E-state index contributed by atoms with van der Waals surface area (Å²) >= 11 is 3.33. The van der Waals surface area contributed by atoms with Crippen LogP contribution in [0.3, 0.4) is 0 Å². The lowest BCUT2D eigenvalue weighted by Crippen LogP contribution is -2.20. The second-order valence-corrected chi connectivity index (χ2v) is 6.54. The van der Waals surface area contributed by atoms with Crippen LogP contribution in [0.4, 0.5) is 5.69 Å². The van der Waals surface area contributed by atoms with Gasteiger partial charge < -0.3 is 25.6 Å². The molecule has 0 heterocycles. The van der Waals surface area contributed by atoms with Gasteiger partial charge in [0, 0.05) is 5.69 Å². The van der Waals surface area contributed by atoms with Crippen LogP contribution in [0.1, 0.15) is 12.5 Å². The normalized spacial score (nSPS) is 10.7. The molecule has 0 aliphatic carbocycles. The van der Waals surface area contributed by atoms with E-state index in [4.69, 9.17) is 15.2 Å². The number of nitriles is 1. The Morgan fingerprint density at radius 3 is 2.55 bits per heavy atom. The zero-order chi connectivity index (χ0) is 21.4. The van der Waals surface area contributed by atoms with Gasteiger partial charge in [-0.15, -0.1) is 0 Å². The minimum absolute atomic E-state index is 0.0611. The number of aromatic hydroxyl groups is 1. The predicted octanol–water partition coefficient (Wildman–Crippen LogP) is 2.96. The van der Waals surface area contributed by atoms with Crippen LogP contribution in [0.2, 0.25) is 0 Å². The number of carbonyl (C=O) groups is 2. The Morgan fingerprint density at radius 2 is 1.97 bits per heavy atom. The minimum Gasteiger partial charge on any atom is -0.508 e. The van der Waals surface area contributed by atoms with Crippen LogP contribution in [0, 0.1) is 11.3 Å².